The number of methoxy groups -OCH3 is 1. The number of hydrogen-bond acceptors (Lipinski definition) is 4. The molecule has 0 bridgehead atoms. The van der Waals surface area contributed by atoms with Gasteiger partial charge < -0.3 is 20.1 Å². The van der Waals surface area contributed by atoms with Crippen LogP contribution in [0.1, 0.15) is 18.9 Å². The van der Waals surface area contributed by atoms with Gasteiger partial charge in [-0.2, -0.15) is 0 Å². The smallest absolute Gasteiger partial charge is 0.257 e. The average Bonchev–Trinajstić information content (AvgIpc) is 2.48. The van der Waals surface area contributed by atoms with Crippen LogP contribution in [0.4, 0.5) is 0 Å². The maximum atomic E-state index is 11.6. The summed E-state index contributed by atoms with van der Waals surface area (Å²) in [5.41, 5.74) is 1.00. The number of carbonyl (C=O) groups is 1. The first kappa shape index (κ1) is 17.9. The maximum Gasteiger partial charge on any atom is 0.257 e. The standard InChI is InChI=1S/C15H23BrN2O3/c1-3-6-18-15(19)11-21-14-5-4-13(16)9-12(14)10-17-7-8-20-2/h4-5,9,17H,3,6-8,10-11H2,1-2H3,(H,18,19). The number of ether oxygens (including phenoxy) is 2. The number of carbonyl (C=O) groups excluding carboxylic acids is 1. The molecule has 0 aliphatic carbocycles. The van der Waals surface area contributed by atoms with Gasteiger partial charge in [0.2, 0.25) is 0 Å². The summed E-state index contributed by atoms with van der Waals surface area (Å²) in [6, 6.07) is 5.75. The Balaban J connectivity index is 2.53. The molecule has 1 aromatic rings. The van der Waals surface area contributed by atoms with Crippen molar-refractivity contribution in [3.8, 4) is 5.75 Å². The van der Waals surface area contributed by atoms with E-state index in [4.69, 9.17) is 9.47 Å². The minimum atomic E-state index is -0.0990. The number of amides is 1. The van der Waals surface area contributed by atoms with Crippen molar-refractivity contribution in [2.24, 2.45) is 0 Å². The second kappa shape index (κ2) is 10.6. The highest BCUT2D eigenvalue weighted by molar-refractivity contribution is 9.10. The van der Waals surface area contributed by atoms with Gasteiger partial charge in [0, 0.05) is 36.8 Å². The van der Waals surface area contributed by atoms with Crippen LogP contribution in [0.15, 0.2) is 22.7 Å². The van der Waals surface area contributed by atoms with Crippen LogP contribution < -0.4 is 15.4 Å². The molecule has 0 saturated heterocycles. The molecule has 0 aliphatic heterocycles. The van der Waals surface area contributed by atoms with Crippen LogP contribution in [0, 0.1) is 0 Å². The number of hydrogen-bond donors (Lipinski definition) is 2. The quantitative estimate of drug-likeness (QED) is 0.628. The van der Waals surface area contributed by atoms with E-state index in [-0.39, 0.29) is 12.5 Å². The van der Waals surface area contributed by atoms with Gasteiger partial charge in [0.1, 0.15) is 5.75 Å². The molecule has 0 aromatic heterocycles. The van der Waals surface area contributed by atoms with Gasteiger partial charge >= 0.3 is 0 Å². The summed E-state index contributed by atoms with van der Waals surface area (Å²) in [4.78, 5) is 11.6. The lowest BCUT2D eigenvalue weighted by atomic mass is 10.2. The van der Waals surface area contributed by atoms with Crippen molar-refractivity contribution in [3.05, 3.63) is 28.2 Å². The Labute approximate surface area is 134 Å². The van der Waals surface area contributed by atoms with Crippen LogP contribution >= 0.6 is 15.9 Å². The topological polar surface area (TPSA) is 59.6 Å². The molecule has 0 saturated carbocycles. The normalized spacial score (nSPS) is 10.4. The van der Waals surface area contributed by atoms with Crippen molar-refractivity contribution in [1.82, 2.24) is 10.6 Å². The summed E-state index contributed by atoms with van der Waals surface area (Å²) in [6.07, 6.45) is 0.915. The molecule has 0 atom stereocenters. The molecule has 0 radical (unpaired) electrons. The first-order valence-electron chi connectivity index (χ1n) is 7.05. The molecule has 6 heteroatoms. The van der Waals surface area contributed by atoms with Crippen molar-refractivity contribution in [2.75, 3.05) is 33.4 Å². The third-order valence-corrected chi connectivity index (χ3v) is 3.25. The Morgan fingerprint density at radius 1 is 1.33 bits per heavy atom. The number of rotatable bonds is 10. The Bertz CT molecular complexity index is 441. The first-order chi connectivity index (χ1) is 10.2. The van der Waals surface area contributed by atoms with Crippen molar-refractivity contribution in [2.45, 2.75) is 19.9 Å². The monoisotopic (exact) mass is 358 g/mol. The SMILES string of the molecule is CCCNC(=O)COc1ccc(Br)cc1CNCCOC. The van der Waals surface area contributed by atoms with Crippen molar-refractivity contribution >= 4 is 21.8 Å². The van der Waals surface area contributed by atoms with E-state index in [0.29, 0.717) is 19.7 Å². The lowest BCUT2D eigenvalue weighted by molar-refractivity contribution is -0.123. The first-order valence-corrected chi connectivity index (χ1v) is 7.84. The summed E-state index contributed by atoms with van der Waals surface area (Å²) in [7, 11) is 1.67. The van der Waals surface area contributed by atoms with Crippen LogP contribution in [0.25, 0.3) is 0 Å². The fourth-order valence-corrected chi connectivity index (χ4v) is 2.09. The highest BCUT2D eigenvalue weighted by atomic mass is 79.9. The molecule has 1 amide bonds. The van der Waals surface area contributed by atoms with Crippen LogP contribution in [0.2, 0.25) is 0 Å². The van der Waals surface area contributed by atoms with Gasteiger partial charge in [-0.3, -0.25) is 4.79 Å². The highest BCUT2D eigenvalue weighted by Crippen LogP contribution is 2.23. The van der Waals surface area contributed by atoms with Gasteiger partial charge in [-0.1, -0.05) is 22.9 Å². The summed E-state index contributed by atoms with van der Waals surface area (Å²) in [5, 5.41) is 6.05. The molecule has 1 rings (SSSR count). The Kier molecular flexibility index (Phi) is 9.05. The van der Waals surface area contributed by atoms with Crippen LogP contribution in [0.5, 0.6) is 5.75 Å². The van der Waals surface area contributed by atoms with E-state index in [0.717, 1.165) is 28.8 Å². The molecule has 0 heterocycles. The lowest BCUT2D eigenvalue weighted by Gasteiger charge is -2.13. The van der Waals surface area contributed by atoms with E-state index < -0.39 is 0 Å². The fourth-order valence-electron chi connectivity index (χ4n) is 1.68. The second-order valence-corrected chi connectivity index (χ2v) is 5.48. The Morgan fingerprint density at radius 2 is 2.14 bits per heavy atom. The van der Waals surface area contributed by atoms with Gasteiger partial charge in [-0.05, 0) is 24.6 Å². The van der Waals surface area contributed by atoms with E-state index in [9.17, 15) is 4.79 Å². The van der Waals surface area contributed by atoms with E-state index in [2.05, 4.69) is 26.6 Å². The zero-order chi connectivity index (χ0) is 15.5. The van der Waals surface area contributed by atoms with Crippen LogP contribution in [-0.2, 0) is 16.1 Å². The van der Waals surface area contributed by atoms with E-state index in [1.165, 1.54) is 0 Å². The molecule has 2 N–H and O–H groups in total. The van der Waals surface area contributed by atoms with Crippen molar-refractivity contribution < 1.29 is 14.3 Å². The lowest BCUT2D eigenvalue weighted by Crippen LogP contribution is -2.29. The third kappa shape index (κ3) is 7.45. The van der Waals surface area contributed by atoms with E-state index in [1.54, 1.807) is 7.11 Å². The second-order valence-electron chi connectivity index (χ2n) is 4.56. The van der Waals surface area contributed by atoms with Gasteiger partial charge in [-0.15, -0.1) is 0 Å². The largest absolute Gasteiger partial charge is 0.483 e. The minimum absolute atomic E-state index is 0.0344. The summed E-state index contributed by atoms with van der Waals surface area (Å²) in [6.45, 7) is 4.80. The third-order valence-electron chi connectivity index (χ3n) is 2.75. The molecule has 0 unspecified atom stereocenters. The molecule has 5 nitrogen and oxygen atoms in total. The van der Waals surface area contributed by atoms with E-state index in [1.807, 2.05) is 25.1 Å². The molecule has 21 heavy (non-hydrogen) atoms. The maximum absolute atomic E-state index is 11.6. The van der Waals surface area contributed by atoms with Crippen molar-refractivity contribution in [3.63, 3.8) is 0 Å². The van der Waals surface area contributed by atoms with E-state index >= 15 is 0 Å². The van der Waals surface area contributed by atoms with Gasteiger partial charge in [0.25, 0.3) is 5.91 Å². The van der Waals surface area contributed by atoms with Crippen LogP contribution in [0.3, 0.4) is 0 Å². The van der Waals surface area contributed by atoms with Gasteiger partial charge in [0.05, 0.1) is 6.61 Å². The summed E-state index contributed by atoms with van der Waals surface area (Å²) in [5.74, 6) is 0.618. The Hall–Kier alpha value is -1.11. The number of benzene rings is 1. The van der Waals surface area contributed by atoms with Crippen molar-refractivity contribution in [1.29, 1.82) is 0 Å². The number of halogens is 1. The fraction of sp³-hybridized carbons (Fsp3) is 0.533. The zero-order valence-corrected chi connectivity index (χ0v) is 14.2. The number of nitrogens with one attached hydrogen (secondary N) is 2. The molecular formula is C15H23BrN2O3. The summed E-state index contributed by atoms with van der Waals surface area (Å²) < 4.78 is 11.6. The predicted octanol–water partition coefficient (Wildman–Crippen LogP) is 2.09. The van der Waals surface area contributed by atoms with Gasteiger partial charge in [0.15, 0.2) is 6.61 Å². The molecule has 1 aromatic carbocycles. The summed E-state index contributed by atoms with van der Waals surface area (Å²) >= 11 is 3.45. The van der Waals surface area contributed by atoms with Crippen LogP contribution in [-0.4, -0.2) is 39.3 Å². The zero-order valence-electron chi connectivity index (χ0n) is 12.6. The molecular weight excluding hydrogens is 336 g/mol. The molecule has 0 fully saturated rings. The average molecular weight is 359 g/mol. The Morgan fingerprint density at radius 3 is 2.86 bits per heavy atom. The molecule has 0 aliphatic rings. The highest BCUT2D eigenvalue weighted by Gasteiger charge is 2.07. The van der Waals surface area contributed by atoms with Gasteiger partial charge in [-0.25, -0.2) is 0 Å². The minimum Gasteiger partial charge on any atom is -0.483 e. The predicted molar refractivity (Wildman–Crippen MR) is 86.5 cm³/mol. The molecule has 118 valence electrons. The molecule has 0 spiro atoms.